The zero-order chi connectivity index (χ0) is 22.1. The fourth-order valence-corrected chi connectivity index (χ4v) is 4.33. The third-order valence-electron chi connectivity index (χ3n) is 5.08. The van der Waals surface area contributed by atoms with Gasteiger partial charge in [-0.3, -0.25) is 9.36 Å². The molecule has 0 aliphatic carbocycles. The van der Waals surface area contributed by atoms with E-state index in [9.17, 15) is 9.18 Å². The summed E-state index contributed by atoms with van der Waals surface area (Å²) in [6.07, 6.45) is 0. The Morgan fingerprint density at radius 1 is 0.969 bits per heavy atom. The molecule has 0 saturated heterocycles. The molecule has 8 heteroatoms. The Hall–Kier alpha value is -3.78. The van der Waals surface area contributed by atoms with E-state index < -0.39 is 0 Å². The number of halogens is 1. The van der Waals surface area contributed by atoms with Crippen LogP contribution in [0.5, 0.6) is 0 Å². The first-order chi connectivity index (χ1) is 15.6. The van der Waals surface area contributed by atoms with Crippen molar-refractivity contribution < 1.29 is 4.39 Å². The van der Waals surface area contributed by atoms with Crippen molar-refractivity contribution in [2.24, 2.45) is 0 Å². The van der Waals surface area contributed by atoms with Crippen molar-refractivity contribution in [3.8, 4) is 17.1 Å². The molecule has 0 amide bonds. The molecule has 0 spiro atoms. The maximum atomic E-state index is 13.4. The number of benzene rings is 3. The number of aromatic amines is 1. The third kappa shape index (κ3) is 3.80. The number of rotatable bonds is 5. The average Bonchev–Trinajstić information content (AvgIpc) is 3.23. The lowest BCUT2D eigenvalue weighted by atomic mass is 10.1. The van der Waals surface area contributed by atoms with Crippen molar-refractivity contribution in [2.45, 2.75) is 17.8 Å². The molecule has 1 N–H and O–H groups in total. The molecule has 0 aliphatic rings. The van der Waals surface area contributed by atoms with Gasteiger partial charge in [-0.25, -0.2) is 9.37 Å². The van der Waals surface area contributed by atoms with Crippen LogP contribution in [0.25, 0.3) is 28.0 Å². The van der Waals surface area contributed by atoms with Crippen LogP contribution in [-0.4, -0.2) is 24.7 Å². The van der Waals surface area contributed by atoms with Gasteiger partial charge in [0.25, 0.3) is 5.56 Å². The van der Waals surface area contributed by atoms with Crippen LogP contribution in [0.1, 0.15) is 11.4 Å². The molecule has 0 unspecified atom stereocenters. The van der Waals surface area contributed by atoms with Crippen LogP contribution in [0.15, 0.2) is 82.7 Å². The Kier molecular flexibility index (Phi) is 5.28. The van der Waals surface area contributed by atoms with Crippen molar-refractivity contribution in [3.63, 3.8) is 0 Å². The fourth-order valence-electron chi connectivity index (χ4n) is 3.51. The van der Waals surface area contributed by atoms with E-state index in [0.717, 1.165) is 16.8 Å². The number of para-hydroxylation sites is 2. The van der Waals surface area contributed by atoms with E-state index in [4.69, 9.17) is 0 Å². The Morgan fingerprint density at radius 3 is 2.53 bits per heavy atom. The Bertz CT molecular complexity index is 1460. The van der Waals surface area contributed by atoms with Gasteiger partial charge in [0.05, 0.1) is 16.7 Å². The topological polar surface area (TPSA) is 76.5 Å². The van der Waals surface area contributed by atoms with E-state index in [2.05, 4.69) is 20.2 Å². The standard InChI is InChI=1S/C24H18FN5OS/c1-15-6-5-9-19-21(15)26-20(27-23(19)31)14-32-24-29-28-22(16-10-12-17(25)13-11-16)30(24)18-7-3-2-4-8-18/h2-13H,14H2,1H3,(H,26,27,31). The van der Waals surface area contributed by atoms with E-state index in [1.807, 2.05) is 54.0 Å². The van der Waals surface area contributed by atoms with Crippen LogP contribution < -0.4 is 5.56 Å². The van der Waals surface area contributed by atoms with Crippen LogP contribution in [-0.2, 0) is 5.75 Å². The van der Waals surface area contributed by atoms with Gasteiger partial charge in [0.1, 0.15) is 11.6 Å². The second kappa shape index (κ2) is 8.39. The minimum Gasteiger partial charge on any atom is -0.309 e. The van der Waals surface area contributed by atoms with E-state index in [1.54, 1.807) is 18.2 Å². The molecule has 0 aliphatic heterocycles. The monoisotopic (exact) mass is 443 g/mol. The molecule has 6 nitrogen and oxygen atoms in total. The van der Waals surface area contributed by atoms with Crippen LogP contribution in [0, 0.1) is 12.7 Å². The number of H-pyrrole nitrogens is 1. The first-order valence-corrected chi connectivity index (χ1v) is 11.0. The summed E-state index contributed by atoms with van der Waals surface area (Å²) >= 11 is 1.42. The highest BCUT2D eigenvalue weighted by Gasteiger charge is 2.17. The summed E-state index contributed by atoms with van der Waals surface area (Å²) in [4.78, 5) is 20.0. The van der Waals surface area contributed by atoms with Crippen molar-refractivity contribution in [1.82, 2.24) is 24.7 Å². The first-order valence-electron chi connectivity index (χ1n) is 9.98. The second-order valence-corrected chi connectivity index (χ2v) is 8.20. The van der Waals surface area contributed by atoms with Crippen molar-refractivity contribution >= 4 is 22.7 Å². The molecule has 158 valence electrons. The highest BCUT2D eigenvalue weighted by atomic mass is 32.2. The number of hydrogen-bond acceptors (Lipinski definition) is 5. The molecule has 0 saturated carbocycles. The number of thioether (sulfide) groups is 1. The average molecular weight is 444 g/mol. The summed E-state index contributed by atoms with van der Waals surface area (Å²) in [5, 5.41) is 9.95. The summed E-state index contributed by atoms with van der Waals surface area (Å²) in [6, 6.07) is 21.4. The number of aryl methyl sites for hydroxylation is 1. The lowest BCUT2D eigenvalue weighted by Gasteiger charge is -2.10. The lowest BCUT2D eigenvalue weighted by molar-refractivity contribution is 0.628. The maximum absolute atomic E-state index is 13.4. The van der Waals surface area contributed by atoms with Gasteiger partial charge in [0, 0.05) is 11.3 Å². The summed E-state index contributed by atoms with van der Waals surface area (Å²) in [5.74, 6) is 1.27. The van der Waals surface area contributed by atoms with Crippen LogP contribution in [0.2, 0.25) is 0 Å². The Morgan fingerprint density at radius 2 is 1.75 bits per heavy atom. The Labute approximate surface area is 187 Å². The summed E-state index contributed by atoms with van der Waals surface area (Å²) in [6.45, 7) is 1.94. The van der Waals surface area contributed by atoms with E-state index in [1.165, 1.54) is 23.9 Å². The lowest BCUT2D eigenvalue weighted by Crippen LogP contribution is -2.12. The first kappa shape index (κ1) is 20.1. The van der Waals surface area contributed by atoms with Gasteiger partial charge >= 0.3 is 0 Å². The van der Waals surface area contributed by atoms with E-state index in [0.29, 0.717) is 33.5 Å². The minimum atomic E-state index is -0.309. The van der Waals surface area contributed by atoms with Crippen molar-refractivity contribution in [3.05, 3.63) is 100 Å². The molecule has 2 heterocycles. The summed E-state index contributed by atoms with van der Waals surface area (Å²) in [7, 11) is 0. The number of nitrogens with zero attached hydrogens (tertiary/aromatic N) is 4. The normalized spacial score (nSPS) is 11.2. The van der Waals surface area contributed by atoms with Crippen molar-refractivity contribution in [2.75, 3.05) is 0 Å². The quantitative estimate of drug-likeness (QED) is 0.391. The zero-order valence-corrected chi connectivity index (χ0v) is 17.9. The Balaban J connectivity index is 1.53. The second-order valence-electron chi connectivity index (χ2n) is 7.26. The molecule has 3 aromatic carbocycles. The van der Waals surface area contributed by atoms with Gasteiger partial charge in [-0.1, -0.05) is 42.1 Å². The summed E-state index contributed by atoms with van der Waals surface area (Å²) < 4.78 is 15.3. The van der Waals surface area contributed by atoms with Crippen molar-refractivity contribution in [1.29, 1.82) is 0 Å². The van der Waals surface area contributed by atoms with Gasteiger partial charge in [-0.15, -0.1) is 10.2 Å². The predicted molar refractivity (Wildman–Crippen MR) is 123 cm³/mol. The molecule has 0 radical (unpaired) electrons. The highest BCUT2D eigenvalue weighted by Crippen LogP contribution is 2.29. The molecule has 0 bridgehead atoms. The van der Waals surface area contributed by atoms with Crippen LogP contribution in [0.4, 0.5) is 4.39 Å². The van der Waals surface area contributed by atoms with Gasteiger partial charge in [0.15, 0.2) is 11.0 Å². The van der Waals surface area contributed by atoms with Gasteiger partial charge in [0.2, 0.25) is 0 Å². The SMILES string of the molecule is Cc1cccc2c(=O)[nH]c(CSc3nnc(-c4ccc(F)cc4)n3-c3ccccc3)nc12. The number of nitrogens with one attached hydrogen (secondary N) is 1. The minimum absolute atomic E-state index is 0.161. The highest BCUT2D eigenvalue weighted by molar-refractivity contribution is 7.98. The van der Waals surface area contributed by atoms with E-state index >= 15 is 0 Å². The largest absolute Gasteiger partial charge is 0.309 e. The molecule has 5 rings (SSSR count). The molecule has 5 aromatic rings. The van der Waals surface area contributed by atoms with Crippen LogP contribution in [0.3, 0.4) is 0 Å². The van der Waals surface area contributed by atoms with Crippen LogP contribution >= 0.6 is 11.8 Å². The van der Waals surface area contributed by atoms with E-state index in [-0.39, 0.29) is 11.4 Å². The number of aromatic nitrogens is 5. The molecule has 2 aromatic heterocycles. The predicted octanol–water partition coefficient (Wildman–Crippen LogP) is 4.91. The smallest absolute Gasteiger partial charge is 0.258 e. The number of fused-ring (bicyclic) bond motifs is 1. The van der Waals surface area contributed by atoms with Gasteiger partial charge < -0.3 is 4.98 Å². The fraction of sp³-hybridized carbons (Fsp3) is 0.0833. The molecule has 0 atom stereocenters. The zero-order valence-electron chi connectivity index (χ0n) is 17.1. The summed E-state index contributed by atoms with van der Waals surface area (Å²) in [5.41, 5.74) is 3.12. The number of hydrogen-bond donors (Lipinski definition) is 1. The molecule has 0 fully saturated rings. The molecular weight excluding hydrogens is 425 g/mol. The molecular formula is C24H18FN5OS. The van der Waals surface area contributed by atoms with Gasteiger partial charge in [-0.05, 0) is 55.0 Å². The maximum Gasteiger partial charge on any atom is 0.258 e. The third-order valence-corrected chi connectivity index (χ3v) is 6.02. The molecule has 32 heavy (non-hydrogen) atoms. The van der Waals surface area contributed by atoms with Gasteiger partial charge in [-0.2, -0.15) is 0 Å².